The van der Waals surface area contributed by atoms with Gasteiger partial charge in [-0.3, -0.25) is 0 Å². The Balaban J connectivity index is 0.653. The lowest BCUT2D eigenvalue weighted by Crippen LogP contribution is -2.15. The SMILES string of the molecule is CC1(C)c2cc3c(cc2-c2ccc4ccccc4c21)c1ccccc1n3-c1ccc(-c2nc(-c3ccccc3)nc(-c3ccc(-c4cccc(-c5nc(-c6ccccc6)nc(-c6cccc7oc8ccc(-n9c%10ccccc%10c%10ccc%11ccccc%11c%109)cc8c67)n5)c4)cc3)n2)c2ccccc12. The molecule has 5 heterocycles. The van der Waals surface area contributed by atoms with Gasteiger partial charge in [0, 0.05) is 87.6 Å². The largest absolute Gasteiger partial charge is 0.456 e. The molecule has 9 nitrogen and oxygen atoms in total. The van der Waals surface area contributed by atoms with Gasteiger partial charge in [0.05, 0.1) is 27.8 Å². The van der Waals surface area contributed by atoms with Gasteiger partial charge in [0.25, 0.3) is 0 Å². The molecule has 0 atom stereocenters. The van der Waals surface area contributed by atoms with E-state index in [0.29, 0.717) is 34.9 Å². The average molecular weight is 1300 g/mol. The lowest BCUT2D eigenvalue weighted by atomic mass is 9.80. The Labute approximate surface area is 585 Å². The van der Waals surface area contributed by atoms with Crippen LogP contribution in [0.1, 0.15) is 25.0 Å². The number of furan rings is 1. The Morgan fingerprint density at radius 2 is 0.804 bits per heavy atom. The molecule has 20 aromatic rings. The first-order valence-electron chi connectivity index (χ1n) is 34.7. The van der Waals surface area contributed by atoms with E-state index in [1.54, 1.807) is 0 Å². The van der Waals surface area contributed by atoms with E-state index in [-0.39, 0.29) is 5.41 Å². The quantitative estimate of drug-likeness (QED) is 0.142. The van der Waals surface area contributed by atoms with Crippen molar-refractivity contribution in [3.8, 4) is 102 Å². The standard InChI is InChI=1S/C93H58N8O/c1-93(2)77-54-81-75(53-74(77)70-46-43-56-21-9-11-29-64(56)85(70)93)69-34-16-18-37-79(69)101(81)80-49-48-72(66-31-13-14-32-67(66)80)91-96-87(58-23-5-3-6-24-58)94-89(97-91)60-41-39-55(40-42-60)61-27-19-28-62(51-61)90-95-88(59-25-7-4-8-26-59)98-92(99-90)73-35-20-38-83-84(73)76-52-63(45-50-82(76)102-83)100-78-36-17-15-33-68(78)71-47-44-57-22-10-12-30-65(57)86(71)100/h3-54H,1-2H3. The van der Waals surface area contributed by atoms with Gasteiger partial charge in [0.15, 0.2) is 34.9 Å². The Bertz CT molecular complexity index is 6910. The lowest BCUT2D eigenvalue weighted by molar-refractivity contribution is 0.667. The van der Waals surface area contributed by atoms with Gasteiger partial charge in [-0.2, -0.15) is 0 Å². The zero-order valence-electron chi connectivity index (χ0n) is 55.5. The van der Waals surface area contributed by atoms with Crippen LogP contribution >= 0.6 is 0 Å². The van der Waals surface area contributed by atoms with Crippen LogP contribution in [0.2, 0.25) is 0 Å². The van der Waals surface area contributed by atoms with E-state index in [2.05, 4.69) is 278 Å². The molecule has 0 N–H and O–H groups in total. The summed E-state index contributed by atoms with van der Waals surface area (Å²) in [7, 11) is 0. The second-order valence-electron chi connectivity index (χ2n) is 27.3. The Morgan fingerprint density at radius 3 is 1.53 bits per heavy atom. The Hall–Kier alpha value is -13.5. The van der Waals surface area contributed by atoms with E-state index in [9.17, 15) is 0 Å². The lowest BCUT2D eigenvalue weighted by Gasteiger charge is -2.23. The predicted molar refractivity (Wildman–Crippen MR) is 417 cm³/mol. The fourth-order valence-electron chi connectivity index (χ4n) is 16.5. The van der Waals surface area contributed by atoms with Crippen molar-refractivity contribution in [1.82, 2.24) is 39.0 Å². The first-order chi connectivity index (χ1) is 50.3. The minimum absolute atomic E-state index is 0.224. The Kier molecular flexibility index (Phi) is 12.6. The third-order valence-electron chi connectivity index (χ3n) is 21.2. The van der Waals surface area contributed by atoms with Crippen LogP contribution in [0.5, 0.6) is 0 Å². The smallest absolute Gasteiger partial charge is 0.164 e. The molecular formula is C93H58N8O. The molecule has 1 aliphatic rings. The molecule has 0 saturated heterocycles. The highest BCUT2D eigenvalue weighted by atomic mass is 16.3. The summed E-state index contributed by atoms with van der Waals surface area (Å²) in [6.45, 7) is 4.77. The average Bonchev–Trinajstić information content (AvgIpc) is 1.54. The number of hydrogen-bond acceptors (Lipinski definition) is 7. The number of fused-ring (bicyclic) bond motifs is 17. The van der Waals surface area contributed by atoms with Crippen molar-refractivity contribution in [3.05, 3.63) is 327 Å². The van der Waals surface area contributed by atoms with Crippen molar-refractivity contribution in [2.45, 2.75) is 19.3 Å². The summed E-state index contributed by atoms with van der Waals surface area (Å²) >= 11 is 0. The molecule has 0 unspecified atom stereocenters. The first kappa shape index (κ1) is 57.6. The minimum atomic E-state index is -0.224. The Morgan fingerprint density at radius 1 is 0.275 bits per heavy atom. The highest BCUT2D eigenvalue weighted by Crippen LogP contribution is 2.54. The molecule has 0 saturated carbocycles. The number of para-hydroxylation sites is 2. The highest BCUT2D eigenvalue weighted by Gasteiger charge is 2.38. The van der Waals surface area contributed by atoms with Gasteiger partial charge < -0.3 is 13.6 Å². The monoisotopic (exact) mass is 1300 g/mol. The normalized spacial score (nSPS) is 12.7. The van der Waals surface area contributed by atoms with E-state index >= 15 is 0 Å². The van der Waals surface area contributed by atoms with E-state index in [0.717, 1.165) is 99.6 Å². The first-order valence-corrected chi connectivity index (χ1v) is 34.7. The van der Waals surface area contributed by atoms with E-state index in [1.165, 1.54) is 76.4 Å². The van der Waals surface area contributed by atoms with Crippen molar-refractivity contribution in [3.63, 3.8) is 0 Å². The summed E-state index contributed by atoms with van der Waals surface area (Å²) in [5.74, 6) is 3.42. The number of hydrogen-bond donors (Lipinski definition) is 0. The predicted octanol–water partition coefficient (Wildman–Crippen LogP) is 23.6. The molecular weight excluding hydrogens is 1250 g/mol. The molecule has 0 amide bonds. The molecule has 0 aliphatic heterocycles. The number of aromatic nitrogens is 8. The maximum Gasteiger partial charge on any atom is 0.164 e. The van der Waals surface area contributed by atoms with Crippen molar-refractivity contribution in [2.75, 3.05) is 0 Å². The van der Waals surface area contributed by atoms with Gasteiger partial charge in [-0.25, -0.2) is 29.9 Å². The third kappa shape index (κ3) is 8.84. The maximum atomic E-state index is 6.70. The summed E-state index contributed by atoms with van der Waals surface area (Å²) in [5.41, 5.74) is 20.7. The molecule has 0 bridgehead atoms. The highest BCUT2D eigenvalue weighted by molar-refractivity contribution is 6.20. The molecule has 102 heavy (non-hydrogen) atoms. The second kappa shape index (κ2) is 22.3. The third-order valence-corrected chi connectivity index (χ3v) is 21.2. The van der Waals surface area contributed by atoms with Gasteiger partial charge in [-0.1, -0.05) is 263 Å². The summed E-state index contributed by atoms with van der Waals surface area (Å²) in [5, 5.41) is 13.9. The number of nitrogens with zero attached hydrogens (tertiary/aromatic N) is 8. The van der Waals surface area contributed by atoms with Crippen molar-refractivity contribution in [1.29, 1.82) is 0 Å². The molecule has 0 spiro atoms. The van der Waals surface area contributed by atoms with E-state index in [4.69, 9.17) is 34.3 Å². The molecule has 0 fully saturated rings. The summed E-state index contributed by atoms with van der Waals surface area (Å²) in [6, 6.07) is 112. The van der Waals surface area contributed by atoms with Crippen LogP contribution in [0.3, 0.4) is 0 Å². The zero-order valence-corrected chi connectivity index (χ0v) is 55.5. The van der Waals surface area contributed by atoms with Crippen LogP contribution in [0.4, 0.5) is 0 Å². The van der Waals surface area contributed by atoms with Crippen LogP contribution in [0.25, 0.3) is 200 Å². The molecule has 9 heteroatoms. The maximum absolute atomic E-state index is 6.70. The molecule has 5 aromatic heterocycles. The van der Waals surface area contributed by atoms with Crippen LogP contribution in [0.15, 0.2) is 320 Å². The fourth-order valence-corrected chi connectivity index (χ4v) is 16.5. The molecule has 1 aliphatic carbocycles. The topological polar surface area (TPSA) is 100 Å². The fraction of sp³-hybridized carbons (Fsp3) is 0.0323. The van der Waals surface area contributed by atoms with Gasteiger partial charge in [0.1, 0.15) is 11.2 Å². The van der Waals surface area contributed by atoms with Crippen LogP contribution in [0, 0.1) is 0 Å². The van der Waals surface area contributed by atoms with Crippen molar-refractivity contribution >= 4 is 97.9 Å². The summed E-state index contributed by atoms with van der Waals surface area (Å²) in [4.78, 5) is 31.8. The number of benzene rings is 15. The van der Waals surface area contributed by atoms with Crippen LogP contribution < -0.4 is 0 Å². The van der Waals surface area contributed by atoms with Gasteiger partial charge in [0.2, 0.25) is 0 Å². The summed E-state index contributed by atoms with van der Waals surface area (Å²) < 4.78 is 11.6. The van der Waals surface area contributed by atoms with Gasteiger partial charge in [-0.05, 0) is 122 Å². The van der Waals surface area contributed by atoms with Crippen molar-refractivity contribution in [2.24, 2.45) is 0 Å². The minimum Gasteiger partial charge on any atom is -0.456 e. The van der Waals surface area contributed by atoms with Crippen LogP contribution in [-0.4, -0.2) is 39.0 Å². The molecule has 21 rings (SSSR count). The molecule has 0 radical (unpaired) electrons. The van der Waals surface area contributed by atoms with Gasteiger partial charge in [-0.15, -0.1) is 0 Å². The van der Waals surface area contributed by atoms with E-state index < -0.39 is 0 Å². The number of rotatable bonds is 9. The van der Waals surface area contributed by atoms with Crippen molar-refractivity contribution < 1.29 is 4.42 Å². The zero-order chi connectivity index (χ0) is 67.3. The summed E-state index contributed by atoms with van der Waals surface area (Å²) in [6.07, 6.45) is 0. The molecule has 476 valence electrons. The molecule has 15 aromatic carbocycles. The second-order valence-corrected chi connectivity index (χ2v) is 27.3. The van der Waals surface area contributed by atoms with E-state index in [1.807, 2.05) is 60.7 Å². The van der Waals surface area contributed by atoms with Crippen LogP contribution in [-0.2, 0) is 5.41 Å². The van der Waals surface area contributed by atoms with Gasteiger partial charge >= 0.3 is 0 Å².